The van der Waals surface area contributed by atoms with Gasteiger partial charge in [0.05, 0.1) is 0 Å². The molecule has 0 aliphatic heterocycles. The van der Waals surface area contributed by atoms with Gasteiger partial charge in [-0.25, -0.2) is 4.72 Å². The number of carbonyl (C=O) groups excluding carboxylic acids is 1. The number of carbonyl (C=O) groups is 1. The number of rotatable bonds is 15. The largest absolute Gasteiger partial charge is 0.481 e. The number of hydrogen-bond acceptors (Lipinski definition) is 4. The van der Waals surface area contributed by atoms with Gasteiger partial charge in [-0.05, 0) is 51.0 Å². The standard InChI is InChI=1S/C26H37NO4S/c1-4-5-6-7-8-9-10-11-12-25(30-23-17-13-21(2)14-18-23)26(28)27-32(29)31-24-19-15-22(3)16-20-24/h13-20,25H,4-12H2,1-3H3,(H,27,28). The van der Waals surface area contributed by atoms with Gasteiger partial charge in [0.2, 0.25) is 0 Å². The van der Waals surface area contributed by atoms with Crippen molar-refractivity contribution in [1.82, 2.24) is 4.72 Å². The molecule has 2 aromatic rings. The van der Waals surface area contributed by atoms with Gasteiger partial charge in [0.15, 0.2) is 6.10 Å². The molecule has 0 bridgehead atoms. The van der Waals surface area contributed by atoms with E-state index >= 15 is 0 Å². The van der Waals surface area contributed by atoms with Crippen molar-refractivity contribution in [2.45, 2.75) is 84.7 Å². The van der Waals surface area contributed by atoms with Crippen LogP contribution in [-0.2, 0) is 16.1 Å². The van der Waals surface area contributed by atoms with Gasteiger partial charge in [0.1, 0.15) is 11.5 Å². The molecule has 0 aromatic heterocycles. The summed E-state index contributed by atoms with van der Waals surface area (Å²) in [5.74, 6) is 0.632. The topological polar surface area (TPSA) is 64.6 Å². The molecular weight excluding hydrogens is 422 g/mol. The molecule has 0 saturated carbocycles. The van der Waals surface area contributed by atoms with Gasteiger partial charge in [-0.15, -0.1) is 0 Å². The van der Waals surface area contributed by atoms with Crippen molar-refractivity contribution >= 4 is 17.2 Å². The molecule has 2 rings (SSSR count). The van der Waals surface area contributed by atoms with E-state index in [0.29, 0.717) is 17.9 Å². The maximum Gasteiger partial charge on any atom is 0.318 e. The summed E-state index contributed by atoms with van der Waals surface area (Å²) in [6.07, 6.45) is 9.28. The van der Waals surface area contributed by atoms with Crippen LogP contribution in [0.1, 0.15) is 75.8 Å². The van der Waals surface area contributed by atoms with E-state index < -0.39 is 23.3 Å². The van der Waals surface area contributed by atoms with E-state index in [4.69, 9.17) is 8.92 Å². The molecule has 32 heavy (non-hydrogen) atoms. The number of benzene rings is 2. The van der Waals surface area contributed by atoms with Crippen LogP contribution in [0.15, 0.2) is 48.5 Å². The summed E-state index contributed by atoms with van der Waals surface area (Å²) >= 11 is -1.98. The normalized spacial score (nSPS) is 12.7. The fraction of sp³-hybridized carbons (Fsp3) is 0.500. The Balaban J connectivity index is 1.87. The first-order valence-electron chi connectivity index (χ1n) is 11.7. The summed E-state index contributed by atoms with van der Waals surface area (Å²) in [6.45, 7) is 6.18. The van der Waals surface area contributed by atoms with E-state index in [1.54, 1.807) is 12.1 Å². The van der Waals surface area contributed by atoms with Crippen molar-refractivity contribution in [1.29, 1.82) is 0 Å². The van der Waals surface area contributed by atoms with Crippen LogP contribution in [0.25, 0.3) is 0 Å². The molecule has 5 nitrogen and oxygen atoms in total. The summed E-state index contributed by atoms with van der Waals surface area (Å²) in [4.78, 5) is 12.8. The summed E-state index contributed by atoms with van der Waals surface area (Å²) in [7, 11) is 0. The van der Waals surface area contributed by atoms with Crippen molar-refractivity contribution in [3.8, 4) is 11.5 Å². The summed E-state index contributed by atoms with van der Waals surface area (Å²) in [6, 6.07) is 14.8. The predicted molar refractivity (Wildman–Crippen MR) is 131 cm³/mol. The smallest absolute Gasteiger partial charge is 0.318 e. The average Bonchev–Trinajstić information content (AvgIpc) is 2.77. The quantitative estimate of drug-likeness (QED) is 0.315. The molecule has 0 fully saturated rings. The summed E-state index contributed by atoms with van der Waals surface area (Å²) in [5, 5.41) is 0. The van der Waals surface area contributed by atoms with Gasteiger partial charge < -0.3 is 8.92 Å². The number of hydrogen-bond donors (Lipinski definition) is 1. The number of aryl methyl sites for hydroxylation is 2. The maximum atomic E-state index is 12.8. The van der Waals surface area contributed by atoms with Gasteiger partial charge >= 0.3 is 11.3 Å². The molecule has 2 aromatic carbocycles. The average molecular weight is 460 g/mol. The SMILES string of the molecule is CCCCCCCCCCC(Oc1ccc(C)cc1)C(=O)NS(=O)Oc1ccc(C)cc1. The van der Waals surface area contributed by atoms with E-state index in [2.05, 4.69) is 11.6 Å². The predicted octanol–water partition coefficient (Wildman–Crippen LogP) is 6.36. The third kappa shape index (κ3) is 10.3. The van der Waals surface area contributed by atoms with Gasteiger partial charge in [0, 0.05) is 0 Å². The lowest BCUT2D eigenvalue weighted by Crippen LogP contribution is -2.40. The Hall–Kier alpha value is -2.34. The third-order valence-corrected chi connectivity index (χ3v) is 6.00. The zero-order chi connectivity index (χ0) is 23.2. The molecule has 2 unspecified atom stereocenters. The monoisotopic (exact) mass is 459 g/mol. The number of nitrogens with one attached hydrogen (secondary N) is 1. The molecule has 2 atom stereocenters. The van der Waals surface area contributed by atoms with Crippen LogP contribution in [-0.4, -0.2) is 16.2 Å². The number of ether oxygens (including phenoxy) is 1. The molecule has 0 saturated heterocycles. The minimum Gasteiger partial charge on any atom is -0.481 e. The Kier molecular flexibility index (Phi) is 11.9. The van der Waals surface area contributed by atoms with E-state index in [-0.39, 0.29) is 0 Å². The number of unbranched alkanes of at least 4 members (excludes halogenated alkanes) is 7. The van der Waals surface area contributed by atoms with Gasteiger partial charge in [-0.1, -0.05) is 87.3 Å². The van der Waals surface area contributed by atoms with Crippen LogP contribution in [0.3, 0.4) is 0 Å². The van der Waals surface area contributed by atoms with Crippen LogP contribution < -0.4 is 13.6 Å². The third-order valence-electron chi connectivity index (χ3n) is 5.29. The minimum atomic E-state index is -1.98. The zero-order valence-corrected chi connectivity index (χ0v) is 20.4. The molecule has 1 amide bonds. The van der Waals surface area contributed by atoms with Crippen molar-refractivity contribution in [3.63, 3.8) is 0 Å². The molecule has 0 radical (unpaired) electrons. The molecule has 0 aliphatic rings. The Morgan fingerprint density at radius 1 is 0.812 bits per heavy atom. The molecule has 1 N–H and O–H groups in total. The van der Waals surface area contributed by atoms with Crippen molar-refractivity contribution in [2.75, 3.05) is 0 Å². The molecule has 6 heteroatoms. The first-order valence-corrected chi connectivity index (χ1v) is 12.8. The summed E-state index contributed by atoms with van der Waals surface area (Å²) in [5.41, 5.74) is 2.19. The minimum absolute atomic E-state index is 0.432. The highest BCUT2D eigenvalue weighted by Crippen LogP contribution is 2.18. The highest BCUT2D eigenvalue weighted by Gasteiger charge is 2.22. The Morgan fingerprint density at radius 2 is 1.31 bits per heavy atom. The molecule has 0 aliphatic carbocycles. The van der Waals surface area contributed by atoms with Gasteiger partial charge in [0.25, 0.3) is 5.91 Å². The second kappa shape index (κ2) is 14.7. The van der Waals surface area contributed by atoms with E-state index in [0.717, 1.165) is 30.4 Å². The van der Waals surface area contributed by atoms with Gasteiger partial charge in [-0.3, -0.25) is 4.79 Å². The van der Waals surface area contributed by atoms with Crippen LogP contribution in [0, 0.1) is 13.8 Å². The molecule has 0 spiro atoms. The first-order chi connectivity index (χ1) is 15.5. The number of amides is 1. The molecular formula is C26H37NO4S. The maximum absolute atomic E-state index is 12.8. The van der Waals surface area contributed by atoms with Crippen LogP contribution in [0.2, 0.25) is 0 Å². The van der Waals surface area contributed by atoms with Crippen LogP contribution >= 0.6 is 0 Å². The molecule has 176 valence electrons. The van der Waals surface area contributed by atoms with E-state index in [9.17, 15) is 9.00 Å². The second-order valence-corrected chi connectivity index (χ2v) is 9.12. The van der Waals surface area contributed by atoms with Crippen LogP contribution in [0.5, 0.6) is 11.5 Å². The zero-order valence-electron chi connectivity index (χ0n) is 19.6. The first kappa shape index (κ1) is 25.9. The van der Waals surface area contributed by atoms with Crippen molar-refractivity contribution in [2.24, 2.45) is 0 Å². The Morgan fingerprint density at radius 3 is 1.88 bits per heavy atom. The highest BCUT2D eigenvalue weighted by molar-refractivity contribution is 7.79. The second-order valence-electron chi connectivity index (χ2n) is 8.28. The fourth-order valence-corrected chi connectivity index (χ4v) is 3.96. The fourth-order valence-electron chi connectivity index (χ4n) is 3.34. The van der Waals surface area contributed by atoms with Crippen molar-refractivity contribution in [3.05, 3.63) is 59.7 Å². The lowest BCUT2D eigenvalue weighted by molar-refractivity contribution is -0.126. The Labute approximate surface area is 195 Å². The Bertz CT molecular complexity index is 821. The van der Waals surface area contributed by atoms with Crippen molar-refractivity contribution < 1.29 is 17.9 Å². The van der Waals surface area contributed by atoms with Crippen LogP contribution in [0.4, 0.5) is 0 Å². The highest BCUT2D eigenvalue weighted by atomic mass is 32.2. The lowest BCUT2D eigenvalue weighted by Gasteiger charge is -2.18. The van der Waals surface area contributed by atoms with Gasteiger partial charge in [-0.2, -0.15) is 4.21 Å². The summed E-state index contributed by atoms with van der Waals surface area (Å²) < 4.78 is 26.0. The van der Waals surface area contributed by atoms with E-state index in [1.807, 2.05) is 50.2 Å². The van der Waals surface area contributed by atoms with E-state index in [1.165, 1.54) is 32.1 Å². The lowest BCUT2D eigenvalue weighted by atomic mass is 10.1. The molecule has 0 heterocycles.